The molecular weight excluding hydrogens is 305 g/mol. The highest BCUT2D eigenvalue weighted by Gasteiger charge is 2.03. The van der Waals surface area contributed by atoms with Gasteiger partial charge in [-0.2, -0.15) is 5.26 Å². The number of benzene rings is 2. The topological polar surface area (TPSA) is 57.9 Å². The Bertz CT molecular complexity index is 872. The molecule has 4 nitrogen and oxygen atoms in total. The smallest absolute Gasteiger partial charge is 0.125 e. The molecular formula is C19H16FN3O. The van der Waals surface area contributed by atoms with Gasteiger partial charge in [-0.15, -0.1) is 0 Å². The van der Waals surface area contributed by atoms with Gasteiger partial charge in [-0.05, 0) is 35.9 Å². The van der Waals surface area contributed by atoms with Crippen molar-refractivity contribution in [3.8, 4) is 11.8 Å². The molecule has 0 amide bonds. The number of nitrogens with one attached hydrogen (secondary N) is 1. The Balaban J connectivity index is 1.56. The number of fused-ring (bicyclic) bond motifs is 1. The van der Waals surface area contributed by atoms with E-state index in [-0.39, 0.29) is 5.82 Å². The summed E-state index contributed by atoms with van der Waals surface area (Å²) in [5.74, 6) is 0.468. The van der Waals surface area contributed by atoms with Gasteiger partial charge in [-0.25, -0.2) is 4.39 Å². The average Bonchev–Trinajstić information content (AvgIpc) is 2.60. The molecule has 0 spiro atoms. The first-order valence-electron chi connectivity index (χ1n) is 7.63. The number of ether oxygens (including phenoxy) is 1. The number of nitriles is 1. The molecule has 1 heterocycles. The molecule has 0 aliphatic carbocycles. The summed E-state index contributed by atoms with van der Waals surface area (Å²) in [5.41, 5.74) is 2.49. The van der Waals surface area contributed by atoms with Crippen LogP contribution in [0.25, 0.3) is 10.9 Å². The number of nitrogens with zero attached hydrogens (tertiary/aromatic N) is 2. The van der Waals surface area contributed by atoms with Crippen LogP contribution in [0.15, 0.2) is 54.7 Å². The van der Waals surface area contributed by atoms with Crippen molar-refractivity contribution in [2.45, 2.75) is 6.42 Å². The molecule has 3 rings (SSSR count). The van der Waals surface area contributed by atoms with E-state index in [4.69, 9.17) is 10.00 Å². The van der Waals surface area contributed by atoms with Crippen LogP contribution in [0.2, 0.25) is 0 Å². The van der Waals surface area contributed by atoms with Gasteiger partial charge >= 0.3 is 0 Å². The lowest BCUT2D eigenvalue weighted by atomic mass is 10.2. The minimum absolute atomic E-state index is 0.296. The zero-order valence-corrected chi connectivity index (χ0v) is 13.0. The predicted molar refractivity (Wildman–Crippen MR) is 91.4 cm³/mol. The molecule has 0 saturated heterocycles. The van der Waals surface area contributed by atoms with E-state index in [0.717, 1.165) is 22.4 Å². The molecule has 0 bridgehead atoms. The van der Waals surface area contributed by atoms with E-state index in [0.29, 0.717) is 25.1 Å². The lowest BCUT2D eigenvalue weighted by Gasteiger charge is -2.11. The van der Waals surface area contributed by atoms with E-state index in [1.165, 1.54) is 12.1 Å². The zero-order chi connectivity index (χ0) is 16.8. The largest absolute Gasteiger partial charge is 0.492 e. The summed E-state index contributed by atoms with van der Waals surface area (Å²) in [7, 11) is 0. The standard InChI is InChI=1S/C19H16FN3O/c20-15-3-6-17-18(8-10-22-19(17)13-15)23-11-12-24-16-4-1-14(2-5-16)7-9-21/h1-6,8,10,13H,7,11-12H2,(H,22,23). The minimum Gasteiger partial charge on any atom is -0.492 e. The Morgan fingerprint density at radius 2 is 1.96 bits per heavy atom. The number of hydrogen-bond donors (Lipinski definition) is 1. The van der Waals surface area contributed by atoms with E-state index in [1.807, 2.05) is 30.3 Å². The number of pyridine rings is 1. The number of hydrogen-bond acceptors (Lipinski definition) is 4. The van der Waals surface area contributed by atoms with Crippen molar-refractivity contribution in [1.29, 1.82) is 5.26 Å². The second-order valence-corrected chi connectivity index (χ2v) is 5.27. The molecule has 0 aliphatic rings. The van der Waals surface area contributed by atoms with E-state index in [9.17, 15) is 4.39 Å². The minimum atomic E-state index is -0.296. The van der Waals surface area contributed by atoms with E-state index in [1.54, 1.807) is 12.3 Å². The van der Waals surface area contributed by atoms with Crippen molar-refractivity contribution >= 4 is 16.6 Å². The third-order valence-corrected chi connectivity index (χ3v) is 3.60. The first-order valence-corrected chi connectivity index (χ1v) is 7.63. The highest BCUT2D eigenvalue weighted by atomic mass is 19.1. The predicted octanol–water partition coefficient (Wildman–Crippen LogP) is 3.93. The molecule has 0 radical (unpaired) electrons. The zero-order valence-electron chi connectivity index (χ0n) is 13.0. The average molecular weight is 321 g/mol. The fraction of sp³-hybridized carbons (Fsp3) is 0.158. The number of halogens is 1. The number of rotatable bonds is 6. The molecule has 0 unspecified atom stereocenters. The molecule has 0 aliphatic heterocycles. The molecule has 0 fully saturated rings. The molecule has 1 aromatic heterocycles. The molecule has 3 aromatic rings. The first kappa shape index (κ1) is 15.8. The Hall–Kier alpha value is -3.13. The summed E-state index contributed by atoms with van der Waals surface area (Å²) < 4.78 is 18.9. The SMILES string of the molecule is N#CCc1ccc(OCCNc2ccnc3cc(F)ccc23)cc1. The van der Waals surface area contributed by atoms with Gasteiger partial charge in [0.1, 0.15) is 18.2 Å². The van der Waals surface area contributed by atoms with Crippen LogP contribution in [0.1, 0.15) is 5.56 Å². The van der Waals surface area contributed by atoms with Crippen LogP contribution >= 0.6 is 0 Å². The third kappa shape index (κ3) is 3.79. The van der Waals surface area contributed by atoms with Crippen LogP contribution in [-0.4, -0.2) is 18.1 Å². The lowest BCUT2D eigenvalue weighted by molar-refractivity contribution is 0.333. The van der Waals surface area contributed by atoms with E-state index >= 15 is 0 Å². The molecule has 0 atom stereocenters. The molecule has 5 heteroatoms. The Morgan fingerprint density at radius 1 is 1.12 bits per heavy atom. The van der Waals surface area contributed by atoms with Gasteiger partial charge in [0, 0.05) is 29.9 Å². The second-order valence-electron chi connectivity index (χ2n) is 5.27. The summed E-state index contributed by atoms with van der Waals surface area (Å²) in [5, 5.41) is 12.8. The lowest BCUT2D eigenvalue weighted by Crippen LogP contribution is -2.11. The summed E-state index contributed by atoms with van der Waals surface area (Å²) in [6, 6.07) is 16.0. The summed E-state index contributed by atoms with van der Waals surface area (Å²) >= 11 is 0. The quantitative estimate of drug-likeness (QED) is 0.699. The van der Waals surface area contributed by atoms with Gasteiger partial charge in [0.15, 0.2) is 0 Å². The van der Waals surface area contributed by atoms with Gasteiger partial charge in [0.25, 0.3) is 0 Å². The van der Waals surface area contributed by atoms with Crippen LogP contribution in [0, 0.1) is 17.1 Å². The normalized spacial score (nSPS) is 10.3. The van der Waals surface area contributed by atoms with Gasteiger partial charge in [-0.3, -0.25) is 4.98 Å². The maximum Gasteiger partial charge on any atom is 0.125 e. The molecule has 0 saturated carbocycles. The van der Waals surface area contributed by atoms with Gasteiger partial charge < -0.3 is 10.1 Å². The van der Waals surface area contributed by atoms with Crippen molar-refractivity contribution in [2.24, 2.45) is 0 Å². The Labute approximate surface area is 139 Å². The highest BCUT2D eigenvalue weighted by molar-refractivity contribution is 5.90. The van der Waals surface area contributed by atoms with Crippen molar-refractivity contribution < 1.29 is 9.13 Å². The second kappa shape index (κ2) is 7.42. The van der Waals surface area contributed by atoms with E-state index in [2.05, 4.69) is 16.4 Å². The van der Waals surface area contributed by atoms with Crippen molar-refractivity contribution in [3.05, 3.63) is 66.1 Å². The highest BCUT2D eigenvalue weighted by Crippen LogP contribution is 2.22. The fourth-order valence-electron chi connectivity index (χ4n) is 2.42. The number of aromatic nitrogens is 1. The molecule has 24 heavy (non-hydrogen) atoms. The summed E-state index contributed by atoms with van der Waals surface area (Å²) in [4.78, 5) is 4.17. The van der Waals surface area contributed by atoms with Crippen molar-refractivity contribution in [3.63, 3.8) is 0 Å². The Morgan fingerprint density at radius 3 is 2.75 bits per heavy atom. The van der Waals surface area contributed by atoms with Crippen LogP contribution in [-0.2, 0) is 6.42 Å². The maximum atomic E-state index is 13.2. The fourth-order valence-corrected chi connectivity index (χ4v) is 2.42. The van der Waals surface area contributed by atoms with Gasteiger partial charge in [-0.1, -0.05) is 12.1 Å². The monoisotopic (exact) mass is 321 g/mol. The van der Waals surface area contributed by atoms with Crippen LogP contribution in [0.5, 0.6) is 5.75 Å². The Kier molecular flexibility index (Phi) is 4.87. The molecule has 1 N–H and O–H groups in total. The van der Waals surface area contributed by atoms with Crippen molar-refractivity contribution in [2.75, 3.05) is 18.5 Å². The summed E-state index contributed by atoms with van der Waals surface area (Å²) in [6.45, 7) is 1.10. The maximum absolute atomic E-state index is 13.2. The van der Waals surface area contributed by atoms with Gasteiger partial charge in [0.05, 0.1) is 18.0 Å². The molecule has 2 aromatic carbocycles. The first-order chi connectivity index (χ1) is 11.8. The van der Waals surface area contributed by atoms with Crippen LogP contribution in [0.3, 0.4) is 0 Å². The summed E-state index contributed by atoms with van der Waals surface area (Å²) in [6.07, 6.45) is 2.05. The van der Waals surface area contributed by atoms with Crippen LogP contribution in [0.4, 0.5) is 10.1 Å². The number of anilines is 1. The van der Waals surface area contributed by atoms with Gasteiger partial charge in [0.2, 0.25) is 0 Å². The molecule has 120 valence electrons. The van der Waals surface area contributed by atoms with Crippen LogP contribution < -0.4 is 10.1 Å². The van der Waals surface area contributed by atoms with E-state index < -0.39 is 0 Å². The van der Waals surface area contributed by atoms with Crippen molar-refractivity contribution in [1.82, 2.24) is 4.98 Å². The third-order valence-electron chi connectivity index (χ3n) is 3.60.